The molecule has 7 rings (SSSR count). The molecule has 55 heavy (non-hydrogen) atoms. The number of nitrogens with zero attached hydrogens (tertiary/aromatic N) is 7. The van der Waals surface area contributed by atoms with Gasteiger partial charge in [0, 0.05) is 71.0 Å². The van der Waals surface area contributed by atoms with Gasteiger partial charge in [-0.3, -0.25) is 9.59 Å². The van der Waals surface area contributed by atoms with Crippen LogP contribution in [0.2, 0.25) is 0 Å². The molecule has 1 aromatic heterocycles. The summed E-state index contributed by atoms with van der Waals surface area (Å²) < 4.78 is 11.3. The van der Waals surface area contributed by atoms with Gasteiger partial charge in [0.15, 0.2) is 5.82 Å². The Kier molecular flexibility index (Phi) is 11.5. The van der Waals surface area contributed by atoms with Gasteiger partial charge in [-0.1, -0.05) is 19.8 Å². The average Bonchev–Trinajstić information content (AvgIpc) is 3.53. The van der Waals surface area contributed by atoms with E-state index in [2.05, 4.69) is 37.2 Å². The lowest BCUT2D eigenvalue weighted by Crippen LogP contribution is -2.59. The fourth-order valence-corrected chi connectivity index (χ4v) is 9.08. The van der Waals surface area contributed by atoms with Crippen LogP contribution in [0, 0.1) is 11.8 Å². The second-order valence-electron chi connectivity index (χ2n) is 17.3. The van der Waals surface area contributed by atoms with Crippen molar-refractivity contribution in [2.45, 2.75) is 96.2 Å². The number of amides is 3. The molecule has 2 N–H and O–H groups in total. The molecule has 1 aromatic carbocycles. The summed E-state index contributed by atoms with van der Waals surface area (Å²) >= 11 is 0. The number of hydrogen-bond donors (Lipinski definition) is 2. The van der Waals surface area contributed by atoms with Crippen molar-refractivity contribution in [3.63, 3.8) is 0 Å². The standard InChI is InChI=1S/C41H61N9O5/c1-28-25-41(28)37(52)46(5)33-26-43-38(45-35(33)50(41)31-10-7-8-11-31)44-32-13-12-30(24-34(32)54-6)36(51)42-16-9-17-47-20-22-48(23-21-47)27-29-14-18-49(19-15-29)39(53)55-40(2,3)4/h12-13,24,26,28-29,31H,7-11,14-23,25,27H2,1-6H3,(H,42,51)(H,43,44,45). The minimum Gasteiger partial charge on any atom is -0.495 e. The van der Waals surface area contributed by atoms with Crippen LogP contribution in [-0.4, -0.2) is 133 Å². The number of nitrogens with one attached hydrogen (secondary N) is 2. The second kappa shape index (κ2) is 16.1. The minimum atomic E-state index is -0.518. The van der Waals surface area contributed by atoms with Gasteiger partial charge in [0.25, 0.3) is 11.8 Å². The molecule has 1 spiro atoms. The first-order chi connectivity index (χ1) is 26.4. The Morgan fingerprint density at radius 3 is 2.35 bits per heavy atom. The molecule has 2 saturated carbocycles. The van der Waals surface area contributed by atoms with Crippen LogP contribution in [0.4, 0.5) is 27.9 Å². The van der Waals surface area contributed by atoms with Crippen LogP contribution in [0.1, 0.15) is 89.4 Å². The number of methoxy groups -OCH3 is 1. The van der Waals surface area contributed by atoms with Crippen LogP contribution < -0.4 is 25.2 Å². The highest BCUT2D eigenvalue weighted by Gasteiger charge is 2.66. The number of carbonyl (C=O) groups excluding carboxylic acids is 3. The van der Waals surface area contributed by atoms with Crippen LogP contribution in [0.3, 0.4) is 0 Å². The molecule has 14 heteroatoms. The van der Waals surface area contributed by atoms with Crippen molar-refractivity contribution in [1.29, 1.82) is 0 Å². The Bertz CT molecular complexity index is 1710. The van der Waals surface area contributed by atoms with Crippen LogP contribution in [-0.2, 0) is 9.53 Å². The number of likely N-dealkylation sites (tertiary alicyclic amines) is 1. The maximum atomic E-state index is 13.6. The van der Waals surface area contributed by atoms with E-state index in [1.807, 2.05) is 38.8 Å². The molecule has 2 unspecified atom stereocenters. The van der Waals surface area contributed by atoms with Gasteiger partial charge in [0.1, 0.15) is 22.6 Å². The van der Waals surface area contributed by atoms with Crippen molar-refractivity contribution >= 4 is 41.0 Å². The molecule has 3 aliphatic heterocycles. The summed E-state index contributed by atoms with van der Waals surface area (Å²) in [6.45, 7) is 16.2. The molecule has 3 amide bonds. The summed E-state index contributed by atoms with van der Waals surface area (Å²) in [4.78, 5) is 59.7. The van der Waals surface area contributed by atoms with Gasteiger partial charge in [-0.25, -0.2) is 9.78 Å². The number of ether oxygens (including phenoxy) is 2. The zero-order chi connectivity index (χ0) is 38.9. The number of hydrogen-bond acceptors (Lipinski definition) is 11. The van der Waals surface area contributed by atoms with E-state index in [0.717, 1.165) is 115 Å². The zero-order valence-corrected chi connectivity index (χ0v) is 33.7. The molecule has 5 aliphatic rings. The van der Waals surface area contributed by atoms with E-state index in [9.17, 15) is 14.4 Å². The summed E-state index contributed by atoms with van der Waals surface area (Å²) in [5.74, 6) is 2.64. The summed E-state index contributed by atoms with van der Waals surface area (Å²) in [6.07, 6.45) is 9.76. The quantitative estimate of drug-likeness (QED) is 0.296. The lowest BCUT2D eigenvalue weighted by molar-refractivity contribution is -0.121. The molecule has 2 saturated heterocycles. The summed E-state index contributed by atoms with van der Waals surface area (Å²) in [5.41, 5.74) is 0.941. The molecule has 2 atom stereocenters. The predicted octanol–water partition coefficient (Wildman–Crippen LogP) is 5.12. The summed E-state index contributed by atoms with van der Waals surface area (Å²) in [7, 11) is 3.42. The average molecular weight is 760 g/mol. The number of rotatable bonds is 11. The minimum absolute atomic E-state index is 0.138. The van der Waals surface area contributed by atoms with Gasteiger partial charge >= 0.3 is 6.09 Å². The van der Waals surface area contributed by atoms with Gasteiger partial charge in [-0.05, 0) is 95.9 Å². The van der Waals surface area contributed by atoms with Crippen LogP contribution in [0.5, 0.6) is 5.75 Å². The number of likely N-dealkylation sites (N-methyl/N-ethyl adjacent to an activating group) is 1. The van der Waals surface area contributed by atoms with Crippen molar-refractivity contribution in [2.75, 3.05) is 88.2 Å². The van der Waals surface area contributed by atoms with Gasteiger partial charge in [0.2, 0.25) is 5.95 Å². The van der Waals surface area contributed by atoms with E-state index in [0.29, 0.717) is 41.5 Å². The monoisotopic (exact) mass is 759 g/mol. The SMILES string of the molecule is COc1cc(C(=O)NCCCN2CCN(CC3CCN(C(=O)OC(C)(C)C)CC3)CC2)ccc1Nc1ncc2c(n1)N(C1CCCC1)C1(CC1C)C(=O)N2C. The number of fused-ring (bicyclic) bond motifs is 1. The Labute approximate surface area is 326 Å². The fraction of sp³-hybridized carbons (Fsp3) is 0.683. The number of piperazine rings is 1. The topological polar surface area (TPSA) is 136 Å². The van der Waals surface area contributed by atoms with Gasteiger partial charge in [-0.15, -0.1) is 0 Å². The molecular weight excluding hydrogens is 699 g/mol. The van der Waals surface area contributed by atoms with E-state index in [4.69, 9.17) is 14.5 Å². The first-order valence-electron chi connectivity index (χ1n) is 20.5. The molecule has 300 valence electrons. The van der Waals surface area contributed by atoms with Crippen molar-refractivity contribution in [3.05, 3.63) is 30.0 Å². The lowest BCUT2D eigenvalue weighted by Gasteiger charge is -2.45. The molecule has 2 aliphatic carbocycles. The number of anilines is 4. The van der Waals surface area contributed by atoms with Gasteiger partial charge in [-0.2, -0.15) is 4.98 Å². The first kappa shape index (κ1) is 39.1. The highest BCUT2D eigenvalue weighted by atomic mass is 16.6. The molecule has 4 heterocycles. The maximum absolute atomic E-state index is 13.6. The number of aromatic nitrogens is 2. The highest BCUT2D eigenvalue weighted by molar-refractivity contribution is 6.10. The molecule has 14 nitrogen and oxygen atoms in total. The molecule has 2 aromatic rings. The molecular formula is C41H61N9O5. The maximum Gasteiger partial charge on any atom is 0.410 e. The van der Waals surface area contributed by atoms with E-state index >= 15 is 0 Å². The van der Waals surface area contributed by atoms with Crippen molar-refractivity contribution in [3.8, 4) is 5.75 Å². The third-order valence-electron chi connectivity index (χ3n) is 12.3. The normalized spacial score (nSPS) is 23.9. The van der Waals surface area contributed by atoms with E-state index < -0.39 is 11.1 Å². The number of carbonyl (C=O) groups is 3. The molecule has 4 fully saturated rings. The third-order valence-corrected chi connectivity index (χ3v) is 12.3. The number of piperidine rings is 1. The zero-order valence-electron chi connectivity index (χ0n) is 33.7. The largest absolute Gasteiger partial charge is 0.495 e. The van der Waals surface area contributed by atoms with E-state index in [1.54, 1.807) is 30.3 Å². The third kappa shape index (κ3) is 8.50. The summed E-state index contributed by atoms with van der Waals surface area (Å²) in [5, 5.41) is 6.41. The molecule has 0 radical (unpaired) electrons. The first-order valence-corrected chi connectivity index (χ1v) is 20.5. The Balaban J connectivity index is 0.863. The van der Waals surface area contributed by atoms with Gasteiger partial charge < -0.3 is 44.6 Å². The highest BCUT2D eigenvalue weighted by Crippen LogP contribution is 2.57. The Hall–Kier alpha value is -4.17. The van der Waals surface area contributed by atoms with Crippen molar-refractivity contribution in [2.24, 2.45) is 11.8 Å². The van der Waals surface area contributed by atoms with Crippen molar-refractivity contribution in [1.82, 2.24) is 30.0 Å². The van der Waals surface area contributed by atoms with Crippen LogP contribution in [0.25, 0.3) is 0 Å². The Morgan fingerprint density at radius 1 is 1.00 bits per heavy atom. The van der Waals surface area contributed by atoms with Crippen molar-refractivity contribution < 1.29 is 23.9 Å². The number of benzene rings is 1. The summed E-state index contributed by atoms with van der Waals surface area (Å²) in [6, 6.07) is 5.66. The predicted molar refractivity (Wildman–Crippen MR) is 213 cm³/mol. The smallest absolute Gasteiger partial charge is 0.410 e. The lowest BCUT2D eigenvalue weighted by atomic mass is 9.96. The second-order valence-corrected chi connectivity index (χ2v) is 17.3. The van der Waals surface area contributed by atoms with Crippen LogP contribution >= 0.6 is 0 Å². The van der Waals surface area contributed by atoms with E-state index in [1.165, 1.54) is 0 Å². The van der Waals surface area contributed by atoms with E-state index in [-0.39, 0.29) is 23.8 Å². The fourth-order valence-electron chi connectivity index (χ4n) is 9.08. The van der Waals surface area contributed by atoms with Gasteiger partial charge in [0.05, 0.1) is 19.0 Å². The van der Waals surface area contributed by atoms with Crippen LogP contribution in [0.15, 0.2) is 24.4 Å². The Morgan fingerprint density at radius 2 is 1.69 bits per heavy atom. The molecule has 0 bridgehead atoms.